The number of aliphatic hydroxyl groups is 1. The number of halogens is 5. The van der Waals surface area contributed by atoms with Crippen molar-refractivity contribution < 1.29 is 40.2 Å². The highest BCUT2D eigenvalue weighted by molar-refractivity contribution is 7.92. The first kappa shape index (κ1) is 17.4. The summed E-state index contributed by atoms with van der Waals surface area (Å²) in [4.78, 5) is -1.37. The smallest absolute Gasteiger partial charge is 0.487 e. The van der Waals surface area contributed by atoms with Gasteiger partial charge in [0.1, 0.15) is 18.0 Å². The summed E-state index contributed by atoms with van der Waals surface area (Å²) in [5, 5.41) is 12.6. The molecule has 0 amide bonds. The number of hydrogen-bond acceptors (Lipinski definition) is 5. The van der Waals surface area contributed by atoms with Crippen LogP contribution in [0, 0.1) is 0 Å². The molecule has 11 heteroatoms. The van der Waals surface area contributed by atoms with Gasteiger partial charge in [0.15, 0.2) is 0 Å². The molecule has 1 aromatic carbocycles. The number of nitrogens with one attached hydrogen (secondary N) is 1. The molecule has 0 radical (unpaired) electrons. The Labute approximate surface area is 133 Å². The Balaban J connectivity index is 2.15. The molecule has 1 saturated heterocycles. The molecule has 5 nitrogen and oxygen atoms in total. The van der Waals surface area contributed by atoms with Crippen molar-refractivity contribution in [2.24, 2.45) is 0 Å². The third-order valence-electron chi connectivity index (χ3n) is 3.99. The molecule has 3 rings (SSSR count). The number of aliphatic hydroxyl groups excluding tert-OH is 1. The van der Waals surface area contributed by atoms with Crippen LogP contribution in [0.25, 0.3) is 0 Å². The number of benzene rings is 1. The van der Waals surface area contributed by atoms with E-state index in [9.17, 15) is 35.5 Å². The van der Waals surface area contributed by atoms with Gasteiger partial charge in [-0.1, -0.05) is 0 Å². The largest absolute Gasteiger partial charge is 0.501 e. The predicted molar refractivity (Wildman–Crippen MR) is 70.6 cm³/mol. The Kier molecular flexibility index (Phi) is 3.81. The number of hydrogen-bond donors (Lipinski definition) is 2. The summed E-state index contributed by atoms with van der Waals surface area (Å²) < 4.78 is 94.7. The topological polar surface area (TPSA) is 75.6 Å². The van der Waals surface area contributed by atoms with Gasteiger partial charge in [0.05, 0.1) is 4.90 Å². The molecule has 134 valence electrons. The summed E-state index contributed by atoms with van der Waals surface area (Å²) in [6.45, 7) is 0.854. The number of rotatable bonds is 3. The van der Waals surface area contributed by atoms with Crippen molar-refractivity contribution >= 4 is 9.84 Å². The average molecular weight is 373 g/mol. The van der Waals surface area contributed by atoms with E-state index in [0.29, 0.717) is 19.2 Å². The summed E-state index contributed by atoms with van der Waals surface area (Å²) in [6, 6.07) is 1.47. The van der Waals surface area contributed by atoms with Crippen LogP contribution in [0.1, 0.15) is 17.2 Å². The van der Waals surface area contributed by atoms with E-state index in [1.165, 1.54) is 0 Å². The molecule has 0 unspecified atom stereocenters. The van der Waals surface area contributed by atoms with E-state index >= 15 is 0 Å². The second kappa shape index (κ2) is 5.27. The molecule has 1 aliphatic carbocycles. The minimum atomic E-state index is -5.88. The Morgan fingerprint density at radius 1 is 1.25 bits per heavy atom. The predicted octanol–water partition coefficient (Wildman–Crippen LogP) is 1.56. The second-order valence-corrected chi connectivity index (χ2v) is 7.55. The minimum Gasteiger partial charge on any atom is -0.487 e. The van der Waals surface area contributed by atoms with E-state index in [1.54, 1.807) is 0 Å². The lowest BCUT2D eigenvalue weighted by atomic mass is 10.1. The molecule has 1 aromatic rings. The van der Waals surface area contributed by atoms with Gasteiger partial charge in [-0.2, -0.15) is 13.2 Å². The van der Waals surface area contributed by atoms with Gasteiger partial charge in [0, 0.05) is 30.6 Å². The maximum Gasteiger partial charge on any atom is 0.501 e. The fraction of sp³-hybridized carbons (Fsp3) is 0.538. The van der Waals surface area contributed by atoms with Gasteiger partial charge in [-0.15, -0.1) is 0 Å². The standard InChI is InChI=1S/C13H12F5NO4S/c14-12(15)3-7-8(23-6-4-19-5-6)1-2-9(10(7)11(12)20)24(21,22)13(16,17)18/h1-2,6,11,19-20H,3-5H2/t11-/m0/s1. The zero-order valence-corrected chi connectivity index (χ0v) is 12.7. The maximum atomic E-state index is 13.8. The second-order valence-electron chi connectivity index (χ2n) is 5.64. The Morgan fingerprint density at radius 2 is 1.88 bits per heavy atom. The highest BCUT2D eigenvalue weighted by Gasteiger charge is 2.55. The first-order valence-corrected chi connectivity index (χ1v) is 8.34. The van der Waals surface area contributed by atoms with Crippen LogP contribution >= 0.6 is 0 Å². The lowest BCUT2D eigenvalue weighted by molar-refractivity contribution is -0.0979. The normalized spacial score (nSPS) is 23.7. The Bertz CT molecular complexity index is 773. The zero-order chi connectivity index (χ0) is 17.9. The third kappa shape index (κ3) is 2.54. The van der Waals surface area contributed by atoms with Gasteiger partial charge in [-0.05, 0) is 12.1 Å². The molecule has 1 fully saturated rings. The number of fused-ring (bicyclic) bond motifs is 1. The highest BCUT2D eigenvalue weighted by atomic mass is 32.2. The SMILES string of the molecule is O=S(=O)(c1ccc(OC2CNC2)c2c1[C@H](O)C(F)(F)C2)C(F)(F)F. The van der Waals surface area contributed by atoms with Crippen LogP contribution in [0.15, 0.2) is 17.0 Å². The van der Waals surface area contributed by atoms with E-state index in [2.05, 4.69) is 5.32 Å². The van der Waals surface area contributed by atoms with Gasteiger partial charge in [-0.25, -0.2) is 17.2 Å². The van der Waals surface area contributed by atoms with Gasteiger partial charge in [0.25, 0.3) is 15.8 Å². The quantitative estimate of drug-likeness (QED) is 0.787. The van der Waals surface area contributed by atoms with Crippen molar-refractivity contribution in [2.75, 3.05) is 13.1 Å². The van der Waals surface area contributed by atoms with Gasteiger partial charge < -0.3 is 15.2 Å². The maximum absolute atomic E-state index is 13.8. The molecule has 2 N–H and O–H groups in total. The first-order chi connectivity index (χ1) is 10.9. The molecule has 0 bridgehead atoms. The van der Waals surface area contributed by atoms with Crippen LogP contribution in [-0.4, -0.2) is 44.1 Å². The molecular formula is C13H12F5NO4S. The van der Waals surface area contributed by atoms with Gasteiger partial charge in [0.2, 0.25) is 0 Å². The monoisotopic (exact) mass is 373 g/mol. The fourth-order valence-corrected chi connectivity index (χ4v) is 3.66. The third-order valence-corrected chi connectivity index (χ3v) is 5.54. The lowest BCUT2D eigenvalue weighted by Crippen LogP contribution is -2.50. The van der Waals surface area contributed by atoms with E-state index < -0.39 is 49.8 Å². The lowest BCUT2D eigenvalue weighted by Gasteiger charge is -2.29. The zero-order valence-electron chi connectivity index (χ0n) is 11.9. The molecular weight excluding hydrogens is 361 g/mol. The highest BCUT2D eigenvalue weighted by Crippen LogP contribution is 2.50. The van der Waals surface area contributed by atoms with Crippen LogP contribution in [0.4, 0.5) is 22.0 Å². The molecule has 0 saturated carbocycles. The van der Waals surface area contributed by atoms with Crippen molar-refractivity contribution in [3.05, 3.63) is 23.3 Å². The van der Waals surface area contributed by atoms with Crippen molar-refractivity contribution in [1.82, 2.24) is 5.32 Å². The Hall–Kier alpha value is -1.46. The van der Waals surface area contributed by atoms with Crippen molar-refractivity contribution in [2.45, 2.75) is 35.0 Å². The summed E-state index contributed by atoms with van der Waals surface area (Å²) in [5.41, 5.74) is -7.02. The molecule has 2 aliphatic rings. The van der Waals surface area contributed by atoms with Crippen LogP contribution in [0.2, 0.25) is 0 Å². The van der Waals surface area contributed by atoms with Crippen LogP contribution in [0.3, 0.4) is 0 Å². The van der Waals surface area contributed by atoms with Crippen molar-refractivity contribution in [3.8, 4) is 5.75 Å². The summed E-state index contributed by atoms with van der Waals surface area (Å²) in [6.07, 6.45) is -4.10. The van der Waals surface area contributed by atoms with Gasteiger partial charge in [-0.3, -0.25) is 0 Å². The molecule has 1 heterocycles. The van der Waals surface area contributed by atoms with Crippen molar-refractivity contribution in [1.29, 1.82) is 0 Å². The van der Waals surface area contributed by atoms with Gasteiger partial charge >= 0.3 is 5.51 Å². The summed E-state index contributed by atoms with van der Waals surface area (Å²) in [5.74, 6) is -3.93. The van der Waals surface area contributed by atoms with E-state index in [4.69, 9.17) is 4.74 Å². The van der Waals surface area contributed by atoms with Crippen LogP contribution in [-0.2, 0) is 16.3 Å². The van der Waals surface area contributed by atoms with Crippen LogP contribution < -0.4 is 10.1 Å². The first-order valence-electron chi connectivity index (χ1n) is 6.85. The summed E-state index contributed by atoms with van der Waals surface area (Å²) >= 11 is 0. The molecule has 0 aromatic heterocycles. The van der Waals surface area contributed by atoms with Crippen LogP contribution in [0.5, 0.6) is 5.75 Å². The van der Waals surface area contributed by atoms with E-state index in [1.807, 2.05) is 0 Å². The number of alkyl halides is 5. The molecule has 1 atom stereocenters. The molecule has 0 spiro atoms. The average Bonchev–Trinajstić information content (AvgIpc) is 2.64. The van der Waals surface area contributed by atoms with Crippen molar-refractivity contribution in [3.63, 3.8) is 0 Å². The van der Waals surface area contributed by atoms with E-state index in [-0.39, 0.29) is 11.9 Å². The summed E-state index contributed by atoms with van der Waals surface area (Å²) in [7, 11) is -5.88. The minimum absolute atomic E-state index is 0.145. The fourth-order valence-electron chi connectivity index (χ4n) is 2.64. The number of sulfone groups is 1. The Morgan fingerprint density at radius 3 is 2.38 bits per heavy atom. The van der Waals surface area contributed by atoms with E-state index in [0.717, 1.165) is 6.07 Å². The number of ether oxygens (including phenoxy) is 1. The molecule has 24 heavy (non-hydrogen) atoms. The molecule has 1 aliphatic heterocycles.